The predicted molar refractivity (Wildman–Crippen MR) is 126 cm³/mol. The van der Waals surface area contributed by atoms with Gasteiger partial charge in [0, 0.05) is 12.1 Å². The minimum Gasteiger partial charge on any atom is -0.489 e. The lowest BCUT2D eigenvalue weighted by atomic mass is 9.97. The summed E-state index contributed by atoms with van der Waals surface area (Å²) in [6, 6.07) is 17.0. The van der Waals surface area contributed by atoms with E-state index in [2.05, 4.69) is 10.3 Å². The standard InChI is InChI=1S/C26H26N2O6/c1-16(2)14-27-24(29)22-12-11-20(23(28-22)26(32)33-3)19-10-9-18(13-21(19)25(30)31)34-15-17-7-5-4-6-8-17/h4-13,16H,14-15H2,1-3H3,(H,27,29)(H,30,31). The first kappa shape index (κ1) is 24.4. The number of methoxy groups -OCH3 is 1. The van der Waals surface area contributed by atoms with Crippen molar-refractivity contribution >= 4 is 17.8 Å². The number of ether oxygens (including phenoxy) is 2. The van der Waals surface area contributed by atoms with E-state index >= 15 is 0 Å². The fourth-order valence-corrected chi connectivity index (χ4v) is 3.21. The van der Waals surface area contributed by atoms with E-state index in [1.807, 2.05) is 44.2 Å². The van der Waals surface area contributed by atoms with Gasteiger partial charge in [0.1, 0.15) is 18.1 Å². The van der Waals surface area contributed by atoms with Crippen LogP contribution in [0.2, 0.25) is 0 Å². The monoisotopic (exact) mass is 462 g/mol. The fraction of sp³-hybridized carbons (Fsp3) is 0.231. The van der Waals surface area contributed by atoms with Crippen molar-refractivity contribution in [3.05, 3.63) is 83.2 Å². The van der Waals surface area contributed by atoms with Crippen molar-refractivity contribution in [1.82, 2.24) is 10.3 Å². The lowest BCUT2D eigenvalue weighted by Crippen LogP contribution is -2.28. The quantitative estimate of drug-likeness (QED) is 0.458. The zero-order chi connectivity index (χ0) is 24.7. The molecule has 0 atom stereocenters. The number of rotatable bonds is 9. The number of nitrogens with zero attached hydrogens (tertiary/aromatic N) is 1. The molecule has 0 bridgehead atoms. The van der Waals surface area contributed by atoms with Crippen molar-refractivity contribution in [1.29, 1.82) is 0 Å². The summed E-state index contributed by atoms with van der Waals surface area (Å²) in [7, 11) is 1.19. The molecule has 1 aromatic heterocycles. The van der Waals surface area contributed by atoms with E-state index in [9.17, 15) is 19.5 Å². The first-order valence-electron chi connectivity index (χ1n) is 10.7. The second kappa shape index (κ2) is 11.1. The van der Waals surface area contributed by atoms with Crippen LogP contribution in [-0.2, 0) is 11.3 Å². The number of amides is 1. The molecule has 0 spiro atoms. The van der Waals surface area contributed by atoms with E-state index in [-0.39, 0.29) is 40.6 Å². The number of esters is 1. The number of aromatic nitrogens is 1. The van der Waals surface area contributed by atoms with Crippen LogP contribution in [0.1, 0.15) is 50.7 Å². The Morgan fingerprint density at radius 1 is 1.00 bits per heavy atom. The van der Waals surface area contributed by atoms with Crippen LogP contribution < -0.4 is 10.1 Å². The van der Waals surface area contributed by atoms with Crippen LogP contribution in [0.25, 0.3) is 11.1 Å². The Bertz CT molecular complexity index is 1190. The van der Waals surface area contributed by atoms with Crippen molar-refractivity contribution < 1.29 is 29.0 Å². The van der Waals surface area contributed by atoms with Gasteiger partial charge in [0.2, 0.25) is 0 Å². The summed E-state index contributed by atoms with van der Waals surface area (Å²) in [5.41, 5.74) is 1.23. The van der Waals surface area contributed by atoms with Gasteiger partial charge in [-0.15, -0.1) is 0 Å². The smallest absolute Gasteiger partial charge is 0.357 e. The molecule has 3 aromatic rings. The number of carbonyl (C=O) groups is 3. The molecule has 34 heavy (non-hydrogen) atoms. The van der Waals surface area contributed by atoms with Crippen LogP contribution in [0.15, 0.2) is 60.7 Å². The van der Waals surface area contributed by atoms with Gasteiger partial charge in [0.25, 0.3) is 5.91 Å². The Labute approximate surface area is 197 Å². The van der Waals surface area contributed by atoms with E-state index < -0.39 is 17.8 Å². The molecule has 0 unspecified atom stereocenters. The van der Waals surface area contributed by atoms with Crippen molar-refractivity contribution in [3.63, 3.8) is 0 Å². The molecule has 176 valence electrons. The number of aromatic carboxylic acids is 1. The fourth-order valence-electron chi connectivity index (χ4n) is 3.21. The molecule has 8 heteroatoms. The lowest BCUT2D eigenvalue weighted by Gasteiger charge is -2.14. The van der Waals surface area contributed by atoms with Crippen LogP contribution in [0.5, 0.6) is 5.75 Å². The molecule has 0 fully saturated rings. The zero-order valence-corrected chi connectivity index (χ0v) is 19.2. The van der Waals surface area contributed by atoms with E-state index in [0.29, 0.717) is 12.3 Å². The maximum Gasteiger partial charge on any atom is 0.357 e. The summed E-state index contributed by atoms with van der Waals surface area (Å²) < 4.78 is 10.6. The Morgan fingerprint density at radius 3 is 2.35 bits per heavy atom. The number of carboxylic acids is 1. The summed E-state index contributed by atoms with van der Waals surface area (Å²) >= 11 is 0. The molecule has 2 N–H and O–H groups in total. The highest BCUT2D eigenvalue weighted by Crippen LogP contribution is 2.30. The summed E-state index contributed by atoms with van der Waals surface area (Å²) in [5, 5.41) is 12.6. The minimum atomic E-state index is -1.20. The molecular weight excluding hydrogens is 436 g/mol. The summed E-state index contributed by atoms with van der Waals surface area (Å²) in [4.78, 5) is 41.1. The van der Waals surface area contributed by atoms with Crippen molar-refractivity contribution in [2.45, 2.75) is 20.5 Å². The van der Waals surface area contributed by atoms with Gasteiger partial charge >= 0.3 is 11.9 Å². The molecule has 0 saturated heterocycles. The van der Waals surface area contributed by atoms with E-state index in [4.69, 9.17) is 9.47 Å². The third kappa shape index (κ3) is 5.98. The van der Waals surface area contributed by atoms with Gasteiger partial charge in [-0.05, 0) is 47.4 Å². The summed E-state index contributed by atoms with van der Waals surface area (Å²) in [5.74, 6) is -1.82. The maximum atomic E-state index is 12.5. The van der Waals surface area contributed by atoms with E-state index in [1.165, 1.54) is 25.3 Å². The van der Waals surface area contributed by atoms with Crippen molar-refractivity contribution in [2.24, 2.45) is 5.92 Å². The van der Waals surface area contributed by atoms with Crippen LogP contribution in [0, 0.1) is 5.92 Å². The topological polar surface area (TPSA) is 115 Å². The van der Waals surface area contributed by atoms with Crippen LogP contribution in [0.3, 0.4) is 0 Å². The van der Waals surface area contributed by atoms with Crippen molar-refractivity contribution in [2.75, 3.05) is 13.7 Å². The highest BCUT2D eigenvalue weighted by molar-refractivity contribution is 6.03. The second-order valence-corrected chi connectivity index (χ2v) is 7.97. The Balaban J connectivity index is 1.97. The number of carboxylic acid groups (broad SMARTS) is 1. The van der Waals surface area contributed by atoms with Gasteiger partial charge in [-0.3, -0.25) is 4.79 Å². The Morgan fingerprint density at radius 2 is 1.71 bits per heavy atom. The van der Waals surface area contributed by atoms with Gasteiger partial charge in [-0.25, -0.2) is 14.6 Å². The number of nitrogens with one attached hydrogen (secondary N) is 1. The molecule has 1 heterocycles. The zero-order valence-electron chi connectivity index (χ0n) is 19.2. The average molecular weight is 463 g/mol. The first-order chi connectivity index (χ1) is 16.3. The predicted octanol–water partition coefficient (Wildman–Crippen LogP) is 4.20. The van der Waals surface area contributed by atoms with Crippen LogP contribution >= 0.6 is 0 Å². The Hall–Kier alpha value is -4.20. The highest BCUT2D eigenvalue weighted by atomic mass is 16.5. The normalized spacial score (nSPS) is 10.6. The molecule has 0 saturated carbocycles. The number of pyridine rings is 1. The average Bonchev–Trinajstić information content (AvgIpc) is 2.85. The molecule has 8 nitrogen and oxygen atoms in total. The summed E-state index contributed by atoms with van der Waals surface area (Å²) in [6.07, 6.45) is 0. The number of hydrogen-bond donors (Lipinski definition) is 2. The first-order valence-corrected chi connectivity index (χ1v) is 10.7. The molecular formula is C26H26N2O6. The van der Waals surface area contributed by atoms with Crippen molar-refractivity contribution in [3.8, 4) is 16.9 Å². The molecule has 0 aliphatic rings. The molecule has 0 radical (unpaired) electrons. The van der Waals surface area contributed by atoms with E-state index in [1.54, 1.807) is 12.1 Å². The number of benzene rings is 2. The van der Waals surface area contributed by atoms with Gasteiger partial charge in [0.05, 0.1) is 12.7 Å². The van der Waals surface area contributed by atoms with Gasteiger partial charge in [-0.1, -0.05) is 44.2 Å². The second-order valence-electron chi connectivity index (χ2n) is 7.97. The molecule has 2 aromatic carbocycles. The largest absolute Gasteiger partial charge is 0.489 e. The third-order valence-electron chi connectivity index (χ3n) is 4.94. The number of hydrogen-bond acceptors (Lipinski definition) is 6. The molecule has 0 aliphatic heterocycles. The summed E-state index contributed by atoms with van der Waals surface area (Å²) in [6.45, 7) is 4.63. The molecule has 0 aliphatic carbocycles. The maximum absolute atomic E-state index is 12.5. The van der Waals surface area contributed by atoms with E-state index in [0.717, 1.165) is 5.56 Å². The lowest BCUT2D eigenvalue weighted by molar-refractivity contribution is 0.0593. The third-order valence-corrected chi connectivity index (χ3v) is 4.94. The van der Waals surface area contributed by atoms with Crippen LogP contribution in [0.4, 0.5) is 0 Å². The van der Waals surface area contributed by atoms with Gasteiger partial charge < -0.3 is 19.9 Å². The Kier molecular flexibility index (Phi) is 7.97. The minimum absolute atomic E-state index is 0.0319. The SMILES string of the molecule is COC(=O)c1nc(C(=O)NCC(C)C)ccc1-c1ccc(OCc2ccccc2)cc1C(=O)O. The van der Waals surface area contributed by atoms with Crippen LogP contribution in [-0.4, -0.2) is 41.6 Å². The number of carbonyl (C=O) groups excluding carboxylic acids is 2. The van der Waals surface area contributed by atoms with Gasteiger partial charge in [0.15, 0.2) is 5.69 Å². The molecule has 1 amide bonds. The molecule has 3 rings (SSSR count). The van der Waals surface area contributed by atoms with Gasteiger partial charge in [-0.2, -0.15) is 0 Å². The highest BCUT2D eigenvalue weighted by Gasteiger charge is 2.23.